The lowest BCUT2D eigenvalue weighted by atomic mass is 9.81. The van der Waals surface area contributed by atoms with Crippen molar-refractivity contribution < 1.29 is 19.4 Å². The predicted octanol–water partition coefficient (Wildman–Crippen LogP) is 2.36. The fourth-order valence-corrected chi connectivity index (χ4v) is 4.26. The van der Waals surface area contributed by atoms with Crippen molar-refractivity contribution in [1.82, 2.24) is 9.80 Å². The summed E-state index contributed by atoms with van der Waals surface area (Å²) in [6.07, 6.45) is 2.64. The fraction of sp³-hybridized carbons (Fsp3) is 0.579. The van der Waals surface area contributed by atoms with Gasteiger partial charge in [-0.3, -0.25) is 14.5 Å². The van der Waals surface area contributed by atoms with E-state index in [0.717, 1.165) is 19.3 Å². The highest BCUT2D eigenvalue weighted by Gasteiger charge is 2.54. The molecule has 0 spiro atoms. The molecular weight excluding hydrogens is 356 g/mol. The van der Waals surface area contributed by atoms with E-state index in [9.17, 15) is 14.7 Å². The molecule has 1 aromatic rings. The lowest BCUT2D eigenvalue weighted by molar-refractivity contribution is -0.149. The van der Waals surface area contributed by atoms with E-state index in [4.69, 9.17) is 16.3 Å². The molecule has 0 radical (unpaired) electrons. The van der Waals surface area contributed by atoms with Crippen LogP contribution in [0.3, 0.4) is 0 Å². The molecule has 1 aromatic carbocycles. The van der Waals surface area contributed by atoms with Crippen molar-refractivity contribution in [3.05, 3.63) is 29.3 Å². The smallest absolute Gasteiger partial charge is 0.311 e. The van der Waals surface area contributed by atoms with E-state index in [1.54, 1.807) is 36.2 Å². The number of fused-ring (bicyclic) bond motifs is 1. The number of hydrogen-bond donors (Lipinski definition) is 1. The summed E-state index contributed by atoms with van der Waals surface area (Å²) in [6.45, 7) is 2.32. The second-order valence-electron chi connectivity index (χ2n) is 7.34. The molecule has 2 atom stereocenters. The maximum absolute atomic E-state index is 12.4. The number of aliphatic carboxylic acids is 1. The number of rotatable bonds is 7. The van der Waals surface area contributed by atoms with Gasteiger partial charge in [-0.05, 0) is 43.0 Å². The first-order valence-electron chi connectivity index (χ1n) is 8.99. The maximum atomic E-state index is 12.4. The molecule has 1 aliphatic carbocycles. The second-order valence-corrected chi connectivity index (χ2v) is 7.77. The SMILES string of the molecule is CN(CCOc1ccc(Cl)cc1)C(=O)CN1C[C@@H]2CCC[C@@]2(C(=O)O)C1. The zero-order valence-electron chi connectivity index (χ0n) is 15.0. The summed E-state index contributed by atoms with van der Waals surface area (Å²) in [7, 11) is 1.75. The Labute approximate surface area is 158 Å². The molecule has 1 heterocycles. The quantitative estimate of drug-likeness (QED) is 0.786. The molecule has 2 aliphatic rings. The minimum absolute atomic E-state index is 0.00906. The van der Waals surface area contributed by atoms with Gasteiger partial charge in [-0.2, -0.15) is 0 Å². The fourth-order valence-electron chi connectivity index (χ4n) is 4.13. The lowest BCUT2D eigenvalue weighted by Gasteiger charge is -2.24. The van der Waals surface area contributed by atoms with Crippen LogP contribution in [0.15, 0.2) is 24.3 Å². The minimum atomic E-state index is -0.709. The number of likely N-dealkylation sites (tertiary alicyclic amines) is 1. The molecular formula is C19H25ClN2O4. The van der Waals surface area contributed by atoms with Gasteiger partial charge in [-0.1, -0.05) is 18.0 Å². The third-order valence-corrected chi connectivity index (χ3v) is 5.91. The van der Waals surface area contributed by atoms with Crippen LogP contribution < -0.4 is 4.74 Å². The first-order chi connectivity index (χ1) is 12.4. The number of halogens is 1. The van der Waals surface area contributed by atoms with Crippen molar-refractivity contribution >= 4 is 23.5 Å². The topological polar surface area (TPSA) is 70.1 Å². The van der Waals surface area contributed by atoms with Crippen LogP contribution in [-0.4, -0.2) is 66.6 Å². The monoisotopic (exact) mass is 380 g/mol. The Balaban J connectivity index is 1.44. The standard InChI is InChI=1S/C19H25ClN2O4/c1-21(9-10-26-16-6-4-15(20)5-7-16)17(23)12-22-11-14-3-2-8-19(14,13-22)18(24)25/h4-7,14H,2-3,8-13H2,1H3,(H,24,25)/t14-,19+/m0/s1. The highest BCUT2D eigenvalue weighted by atomic mass is 35.5. The first kappa shape index (κ1) is 19.0. The Hall–Kier alpha value is -1.79. The van der Waals surface area contributed by atoms with Gasteiger partial charge in [0.15, 0.2) is 0 Å². The van der Waals surface area contributed by atoms with Crippen LogP contribution in [-0.2, 0) is 9.59 Å². The van der Waals surface area contributed by atoms with Gasteiger partial charge in [-0.25, -0.2) is 0 Å². The summed E-state index contributed by atoms with van der Waals surface area (Å²) < 4.78 is 5.62. The second kappa shape index (κ2) is 7.84. The third-order valence-electron chi connectivity index (χ3n) is 5.66. The highest BCUT2D eigenvalue weighted by molar-refractivity contribution is 6.30. The Morgan fingerprint density at radius 2 is 2.12 bits per heavy atom. The predicted molar refractivity (Wildman–Crippen MR) is 98.4 cm³/mol. The molecule has 7 heteroatoms. The average molecular weight is 381 g/mol. The zero-order chi connectivity index (χ0) is 18.7. The molecule has 0 aromatic heterocycles. The van der Waals surface area contributed by atoms with Crippen molar-refractivity contribution in [3.8, 4) is 5.75 Å². The van der Waals surface area contributed by atoms with E-state index in [-0.39, 0.29) is 18.4 Å². The van der Waals surface area contributed by atoms with Crippen molar-refractivity contribution in [3.63, 3.8) is 0 Å². The summed E-state index contributed by atoms with van der Waals surface area (Å²) in [5.74, 6) is 0.169. The first-order valence-corrected chi connectivity index (χ1v) is 9.36. The number of nitrogens with zero attached hydrogens (tertiary/aromatic N) is 2. The number of carbonyl (C=O) groups is 2. The molecule has 0 unspecified atom stereocenters. The maximum Gasteiger partial charge on any atom is 0.311 e. The summed E-state index contributed by atoms with van der Waals surface area (Å²) in [6, 6.07) is 7.10. The minimum Gasteiger partial charge on any atom is -0.492 e. The molecule has 3 rings (SSSR count). The van der Waals surface area contributed by atoms with Crippen LogP contribution in [0.5, 0.6) is 5.75 Å². The normalized spacial score (nSPS) is 25.1. The summed E-state index contributed by atoms with van der Waals surface area (Å²) >= 11 is 5.83. The Bertz CT molecular complexity index is 666. The van der Waals surface area contributed by atoms with Crippen molar-refractivity contribution in [2.24, 2.45) is 11.3 Å². The highest BCUT2D eigenvalue weighted by Crippen LogP contribution is 2.48. The Morgan fingerprint density at radius 3 is 2.77 bits per heavy atom. The van der Waals surface area contributed by atoms with Crippen LogP contribution >= 0.6 is 11.6 Å². The van der Waals surface area contributed by atoms with Crippen LogP contribution in [0.1, 0.15) is 19.3 Å². The number of carboxylic acids is 1. The van der Waals surface area contributed by atoms with Crippen LogP contribution in [0, 0.1) is 11.3 Å². The van der Waals surface area contributed by atoms with Gasteiger partial charge >= 0.3 is 5.97 Å². The molecule has 6 nitrogen and oxygen atoms in total. The van der Waals surface area contributed by atoms with Gasteiger partial charge < -0.3 is 14.7 Å². The third kappa shape index (κ3) is 3.96. The molecule has 1 aliphatic heterocycles. The number of amides is 1. The zero-order valence-corrected chi connectivity index (χ0v) is 15.7. The molecule has 1 N–H and O–H groups in total. The van der Waals surface area contributed by atoms with E-state index >= 15 is 0 Å². The molecule has 1 saturated heterocycles. The summed E-state index contributed by atoms with van der Waals surface area (Å²) in [4.78, 5) is 27.8. The number of hydrogen-bond acceptors (Lipinski definition) is 4. The molecule has 0 bridgehead atoms. The number of carboxylic acid groups (broad SMARTS) is 1. The van der Waals surface area contributed by atoms with Gasteiger partial charge in [0, 0.05) is 25.2 Å². The number of benzene rings is 1. The number of ether oxygens (including phenoxy) is 1. The van der Waals surface area contributed by atoms with E-state index < -0.39 is 11.4 Å². The largest absolute Gasteiger partial charge is 0.492 e. The summed E-state index contributed by atoms with van der Waals surface area (Å²) in [5.41, 5.74) is -0.642. The van der Waals surface area contributed by atoms with Gasteiger partial charge in [0.1, 0.15) is 12.4 Å². The molecule has 142 valence electrons. The van der Waals surface area contributed by atoms with E-state index in [1.807, 2.05) is 4.90 Å². The van der Waals surface area contributed by atoms with Gasteiger partial charge in [0.25, 0.3) is 0 Å². The lowest BCUT2D eigenvalue weighted by Crippen LogP contribution is -2.41. The van der Waals surface area contributed by atoms with E-state index in [0.29, 0.717) is 37.0 Å². The van der Waals surface area contributed by atoms with Gasteiger partial charge in [0.05, 0.1) is 18.5 Å². The van der Waals surface area contributed by atoms with Crippen LogP contribution in [0.4, 0.5) is 0 Å². The summed E-state index contributed by atoms with van der Waals surface area (Å²) in [5, 5.41) is 10.3. The molecule has 1 saturated carbocycles. The Morgan fingerprint density at radius 1 is 1.38 bits per heavy atom. The van der Waals surface area contributed by atoms with E-state index in [2.05, 4.69) is 0 Å². The molecule has 1 amide bonds. The van der Waals surface area contributed by atoms with Crippen LogP contribution in [0.25, 0.3) is 0 Å². The van der Waals surface area contributed by atoms with Crippen molar-refractivity contribution in [2.45, 2.75) is 19.3 Å². The van der Waals surface area contributed by atoms with Crippen LogP contribution in [0.2, 0.25) is 5.02 Å². The molecule has 2 fully saturated rings. The number of carbonyl (C=O) groups excluding carboxylic acids is 1. The Kier molecular flexibility index (Phi) is 5.73. The van der Waals surface area contributed by atoms with Crippen molar-refractivity contribution in [1.29, 1.82) is 0 Å². The van der Waals surface area contributed by atoms with E-state index in [1.165, 1.54) is 0 Å². The average Bonchev–Trinajstić information content (AvgIpc) is 3.14. The molecule has 26 heavy (non-hydrogen) atoms. The van der Waals surface area contributed by atoms with Crippen molar-refractivity contribution in [2.75, 3.05) is 39.8 Å². The van der Waals surface area contributed by atoms with Gasteiger partial charge in [-0.15, -0.1) is 0 Å². The number of likely N-dealkylation sites (N-methyl/N-ethyl adjacent to an activating group) is 1. The van der Waals surface area contributed by atoms with Gasteiger partial charge in [0.2, 0.25) is 5.91 Å².